The molecule has 0 aromatic carbocycles. The Morgan fingerprint density at radius 2 is 2.06 bits per heavy atom. The predicted molar refractivity (Wildman–Crippen MR) is 110 cm³/mol. The van der Waals surface area contributed by atoms with Crippen molar-refractivity contribution in [3.8, 4) is 11.5 Å². The molecule has 0 amide bonds. The number of pyridine rings is 1. The minimum Gasteiger partial charge on any atom is -0.374 e. The van der Waals surface area contributed by atoms with E-state index < -0.39 is 21.8 Å². The van der Waals surface area contributed by atoms with Crippen LogP contribution in [0.4, 0.5) is 19.0 Å². The summed E-state index contributed by atoms with van der Waals surface area (Å²) in [6.07, 6.45) is -0.957. The maximum atomic E-state index is 13.1. The molecule has 1 aliphatic heterocycles. The molecule has 0 radical (unpaired) electrons. The van der Waals surface area contributed by atoms with Gasteiger partial charge in [0.25, 0.3) is 0 Å². The molecule has 13 heteroatoms. The zero-order valence-corrected chi connectivity index (χ0v) is 17.8. The van der Waals surface area contributed by atoms with Gasteiger partial charge in [-0.15, -0.1) is 0 Å². The molecule has 1 aliphatic rings. The number of nitrogens with zero attached hydrogens (tertiary/aromatic N) is 5. The summed E-state index contributed by atoms with van der Waals surface area (Å²) >= 11 is 0. The van der Waals surface area contributed by atoms with Gasteiger partial charge < -0.3 is 9.64 Å². The fourth-order valence-corrected chi connectivity index (χ4v) is 4.61. The number of morpholine rings is 1. The molecule has 9 nitrogen and oxygen atoms in total. The van der Waals surface area contributed by atoms with E-state index in [1.54, 1.807) is 13.0 Å². The second-order valence-electron chi connectivity index (χ2n) is 7.69. The van der Waals surface area contributed by atoms with Gasteiger partial charge in [0.05, 0.1) is 30.2 Å². The molecule has 1 fully saturated rings. The van der Waals surface area contributed by atoms with Gasteiger partial charge in [-0.1, -0.05) is 6.92 Å². The van der Waals surface area contributed by atoms with Crippen LogP contribution in [-0.2, 0) is 20.9 Å². The van der Waals surface area contributed by atoms with Gasteiger partial charge in [0, 0.05) is 25.5 Å². The number of nitrogens with two attached hydrogens (primary N) is 1. The Morgan fingerprint density at radius 3 is 2.78 bits per heavy atom. The lowest BCUT2D eigenvalue weighted by molar-refractivity contribution is -0.137. The lowest BCUT2D eigenvalue weighted by atomic mass is 10.1. The van der Waals surface area contributed by atoms with Crippen molar-refractivity contribution in [1.82, 2.24) is 19.4 Å². The smallest absolute Gasteiger partial charge is 0.374 e. The molecule has 2 atom stereocenters. The van der Waals surface area contributed by atoms with E-state index in [1.807, 2.05) is 4.90 Å². The monoisotopic (exact) mass is 470 g/mol. The van der Waals surface area contributed by atoms with Gasteiger partial charge in [0.15, 0.2) is 5.82 Å². The molecule has 2 N–H and O–H groups in total. The minimum atomic E-state index is -4.49. The van der Waals surface area contributed by atoms with Crippen LogP contribution < -0.4 is 10.0 Å². The lowest BCUT2D eigenvalue weighted by Crippen LogP contribution is -2.47. The first-order valence-electron chi connectivity index (χ1n) is 9.76. The SMILES string of the molecule is C[C@@H](CS(N)(=O)=O)[C@@H]1CN(c2ccnc(-c3cnc4ccc(C(F)(F)F)cn34)n2)CCO1. The van der Waals surface area contributed by atoms with Crippen LogP contribution in [0.1, 0.15) is 12.5 Å². The van der Waals surface area contributed by atoms with Gasteiger partial charge in [-0.05, 0) is 24.1 Å². The van der Waals surface area contributed by atoms with Crippen molar-refractivity contribution in [3.63, 3.8) is 0 Å². The first-order chi connectivity index (χ1) is 15.0. The summed E-state index contributed by atoms with van der Waals surface area (Å²) in [6, 6.07) is 3.94. The number of alkyl halides is 3. The van der Waals surface area contributed by atoms with E-state index in [9.17, 15) is 21.6 Å². The van der Waals surface area contributed by atoms with Crippen LogP contribution in [0.5, 0.6) is 0 Å². The summed E-state index contributed by atoms with van der Waals surface area (Å²) in [7, 11) is -3.64. The van der Waals surface area contributed by atoms with Gasteiger partial charge >= 0.3 is 6.18 Å². The van der Waals surface area contributed by atoms with Gasteiger partial charge in [0.2, 0.25) is 10.0 Å². The van der Waals surface area contributed by atoms with Crippen molar-refractivity contribution in [1.29, 1.82) is 0 Å². The highest BCUT2D eigenvalue weighted by atomic mass is 32.2. The third kappa shape index (κ3) is 4.84. The largest absolute Gasteiger partial charge is 0.417 e. The number of rotatable bonds is 5. The number of fused-ring (bicyclic) bond motifs is 1. The first kappa shape index (κ1) is 22.4. The van der Waals surface area contributed by atoms with Gasteiger partial charge in [-0.25, -0.2) is 28.5 Å². The molecule has 4 rings (SSSR count). The molecular weight excluding hydrogens is 449 g/mol. The molecule has 0 spiro atoms. The molecule has 0 unspecified atom stereocenters. The van der Waals surface area contributed by atoms with Crippen LogP contribution in [0.2, 0.25) is 0 Å². The second-order valence-corrected chi connectivity index (χ2v) is 9.35. The first-order valence-corrected chi connectivity index (χ1v) is 11.5. The van der Waals surface area contributed by atoms with Crippen molar-refractivity contribution < 1.29 is 26.3 Å². The fourth-order valence-electron chi connectivity index (χ4n) is 3.66. The number of ether oxygens (including phenoxy) is 1. The number of sulfonamides is 1. The normalized spacial score (nSPS) is 18.8. The van der Waals surface area contributed by atoms with Crippen molar-refractivity contribution in [3.05, 3.63) is 42.4 Å². The molecule has 3 aromatic rings. The summed E-state index contributed by atoms with van der Waals surface area (Å²) in [5.41, 5.74) is -0.147. The van der Waals surface area contributed by atoms with Crippen LogP contribution in [0.15, 0.2) is 36.8 Å². The highest BCUT2D eigenvalue weighted by Gasteiger charge is 2.31. The molecule has 3 aromatic heterocycles. The van der Waals surface area contributed by atoms with Crippen LogP contribution in [0.25, 0.3) is 17.2 Å². The Kier molecular flexibility index (Phi) is 5.81. The Balaban J connectivity index is 1.62. The highest BCUT2D eigenvalue weighted by Crippen LogP contribution is 2.30. The van der Waals surface area contributed by atoms with Gasteiger partial charge in [-0.3, -0.25) is 4.40 Å². The standard InChI is InChI=1S/C19H21F3N6O3S/c1-12(11-32(23,29)30)15-10-27(6-7-31-15)17-4-5-24-18(26-17)14-8-25-16-3-2-13(9-28(14)16)19(20,21)22/h2-5,8-9,12,15H,6-7,10-11H2,1H3,(H2,23,29,30)/t12-,15-/m0/s1. The number of anilines is 1. The van der Waals surface area contributed by atoms with E-state index in [0.717, 1.165) is 12.3 Å². The van der Waals surface area contributed by atoms with Crippen LogP contribution >= 0.6 is 0 Å². The summed E-state index contributed by atoms with van der Waals surface area (Å²) in [4.78, 5) is 14.8. The number of hydrogen-bond acceptors (Lipinski definition) is 7. The topological polar surface area (TPSA) is 116 Å². The van der Waals surface area contributed by atoms with Crippen molar-refractivity contribution in [2.75, 3.05) is 30.3 Å². The van der Waals surface area contributed by atoms with Crippen LogP contribution in [-0.4, -0.2) is 59.3 Å². The molecule has 0 aliphatic carbocycles. The Morgan fingerprint density at radius 1 is 1.28 bits per heavy atom. The maximum absolute atomic E-state index is 13.1. The summed E-state index contributed by atoms with van der Waals surface area (Å²) in [5, 5.41) is 5.15. The summed E-state index contributed by atoms with van der Waals surface area (Å²) in [6.45, 7) is 3.02. The van der Waals surface area contributed by atoms with E-state index >= 15 is 0 Å². The number of hydrogen-bond donors (Lipinski definition) is 1. The van der Waals surface area contributed by atoms with Crippen molar-refractivity contribution in [2.24, 2.45) is 11.1 Å². The number of halogens is 3. The minimum absolute atomic E-state index is 0.204. The van der Waals surface area contributed by atoms with Crippen LogP contribution in [0, 0.1) is 5.92 Å². The lowest BCUT2D eigenvalue weighted by Gasteiger charge is -2.36. The quantitative estimate of drug-likeness (QED) is 0.606. The molecular formula is C19H21F3N6O3S. The molecule has 0 bridgehead atoms. The third-order valence-corrected chi connectivity index (χ3v) is 6.24. The third-order valence-electron chi connectivity index (χ3n) is 5.25. The van der Waals surface area contributed by atoms with E-state index in [1.165, 1.54) is 22.9 Å². The van der Waals surface area contributed by atoms with Crippen molar-refractivity contribution >= 4 is 21.5 Å². The second kappa shape index (κ2) is 8.30. The Labute approximate surface area is 182 Å². The number of primary sulfonamides is 1. The molecule has 4 heterocycles. The zero-order valence-electron chi connectivity index (χ0n) is 17.0. The fraction of sp³-hybridized carbons (Fsp3) is 0.421. The Hall–Kier alpha value is -2.77. The number of aromatic nitrogens is 4. The van der Waals surface area contributed by atoms with E-state index in [2.05, 4.69) is 15.0 Å². The molecule has 0 saturated carbocycles. The Bertz CT molecular complexity index is 1230. The number of imidazole rings is 1. The van der Waals surface area contributed by atoms with E-state index in [0.29, 0.717) is 36.9 Å². The maximum Gasteiger partial charge on any atom is 0.417 e. The van der Waals surface area contributed by atoms with Crippen LogP contribution in [0.3, 0.4) is 0 Å². The average Bonchev–Trinajstić information content (AvgIpc) is 3.15. The van der Waals surface area contributed by atoms with Gasteiger partial charge in [-0.2, -0.15) is 13.2 Å². The van der Waals surface area contributed by atoms with Crippen molar-refractivity contribution in [2.45, 2.75) is 19.2 Å². The average molecular weight is 470 g/mol. The predicted octanol–water partition coefficient (Wildman–Crippen LogP) is 1.94. The molecule has 1 saturated heterocycles. The summed E-state index contributed by atoms with van der Waals surface area (Å²) in [5.74, 6) is 0.237. The van der Waals surface area contributed by atoms with Gasteiger partial charge in [0.1, 0.15) is 17.2 Å². The van der Waals surface area contributed by atoms with E-state index in [-0.39, 0.29) is 23.6 Å². The molecule has 172 valence electrons. The molecule has 32 heavy (non-hydrogen) atoms. The summed E-state index contributed by atoms with van der Waals surface area (Å²) < 4.78 is 69.3. The zero-order chi connectivity index (χ0) is 23.1. The van der Waals surface area contributed by atoms with E-state index in [4.69, 9.17) is 9.88 Å². The highest BCUT2D eigenvalue weighted by molar-refractivity contribution is 7.89.